The number of hydrogen-bond donors (Lipinski definition) is 1. The zero-order valence-electron chi connectivity index (χ0n) is 11.7. The molecule has 2 amide bonds. The normalized spacial score (nSPS) is 17.9. The van der Waals surface area contributed by atoms with E-state index in [4.69, 9.17) is 0 Å². The fraction of sp³-hybridized carbons (Fsp3) is 0.923. The van der Waals surface area contributed by atoms with Gasteiger partial charge in [0.05, 0.1) is 0 Å². The molecule has 0 aliphatic carbocycles. The van der Waals surface area contributed by atoms with Crippen LogP contribution >= 0.6 is 0 Å². The molecule has 0 aromatic carbocycles. The molecule has 1 N–H and O–H groups in total. The Hall–Kier alpha value is -0.770. The third kappa shape index (κ3) is 4.54. The van der Waals surface area contributed by atoms with Gasteiger partial charge >= 0.3 is 6.03 Å². The molecule has 0 radical (unpaired) electrons. The Labute approximate surface area is 105 Å². The number of hydrogen-bond acceptors (Lipinski definition) is 2. The summed E-state index contributed by atoms with van der Waals surface area (Å²) >= 11 is 0. The second-order valence-electron chi connectivity index (χ2n) is 5.44. The molecule has 0 aromatic rings. The molecular formula is C13H27N3O. The van der Waals surface area contributed by atoms with Gasteiger partial charge in [-0.25, -0.2) is 4.79 Å². The van der Waals surface area contributed by atoms with Crippen molar-refractivity contribution in [3.63, 3.8) is 0 Å². The van der Waals surface area contributed by atoms with Gasteiger partial charge in [-0.2, -0.15) is 0 Å². The molecule has 1 saturated heterocycles. The van der Waals surface area contributed by atoms with Gasteiger partial charge in [0.1, 0.15) is 0 Å². The van der Waals surface area contributed by atoms with Gasteiger partial charge in [0.25, 0.3) is 0 Å². The van der Waals surface area contributed by atoms with Gasteiger partial charge in [-0.05, 0) is 38.8 Å². The summed E-state index contributed by atoms with van der Waals surface area (Å²) in [6.07, 6.45) is 3.45. The van der Waals surface area contributed by atoms with Crippen molar-refractivity contribution in [3.8, 4) is 0 Å². The van der Waals surface area contributed by atoms with Gasteiger partial charge in [0.2, 0.25) is 0 Å². The fourth-order valence-electron chi connectivity index (χ4n) is 2.31. The molecule has 1 aliphatic rings. The second kappa shape index (κ2) is 6.84. The number of carbonyl (C=O) groups excluding carboxylic acids is 1. The molecular weight excluding hydrogens is 214 g/mol. The highest BCUT2D eigenvalue weighted by atomic mass is 16.2. The Morgan fingerprint density at radius 3 is 2.47 bits per heavy atom. The molecule has 1 aliphatic heterocycles. The van der Waals surface area contributed by atoms with E-state index in [1.807, 2.05) is 4.90 Å². The number of rotatable bonds is 4. The molecule has 0 saturated carbocycles. The van der Waals surface area contributed by atoms with E-state index in [2.05, 4.69) is 31.1 Å². The maximum atomic E-state index is 11.5. The Morgan fingerprint density at radius 2 is 2.00 bits per heavy atom. The van der Waals surface area contributed by atoms with Gasteiger partial charge in [0.15, 0.2) is 0 Å². The summed E-state index contributed by atoms with van der Waals surface area (Å²) in [6.45, 7) is 7.47. The first-order chi connectivity index (χ1) is 8.04. The number of amides is 2. The molecule has 100 valence electrons. The third-order valence-corrected chi connectivity index (χ3v) is 3.65. The lowest BCUT2D eigenvalue weighted by Crippen LogP contribution is -2.48. The summed E-state index contributed by atoms with van der Waals surface area (Å²) in [5.74, 6) is 0.767. The smallest absolute Gasteiger partial charge is 0.317 e. The summed E-state index contributed by atoms with van der Waals surface area (Å²) in [7, 11) is 3.91. The van der Waals surface area contributed by atoms with Crippen molar-refractivity contribution in [1.29, 1.82) is 0 Å². The lowest BCUT2D eigenvalue weighted by molar-refractivity contribution is 0.132. The topological polar surface area (TPSA) is 35.6 Å². The first-order valence-corrected chi connectivity index (χ1v) is 6.71. The van der Waals surface area contributed by atoms with Crippen LogP contribution in [-0.4, -0.2) is 55.6 Å². The Balaban J connectivity index is 2.28. The number of carbonyl (C=O) groups is 1. The van der Waals surface area contributed by atoms with E-state index in [1.165, 1.54) is 13.0 Å². The number of likely N-dealkylation sites (tertiary alicyclic amines) is 1. The lowest BCUT2D eigenvalue weighted by Gasteiger charge is -2.36. The van der Waals surface area contributed by atoms with Gasteiger partial charge < -0.3 is 15.1 Å². The number of urea groups is 1. The highest BCUT2D eigenvalue weighted by Gasteiger charge is 2.24. The average Bonchev–Trinajstić information content (AvgIpc) is 2.35. The van der Waals surface area contributed by atoms with Crippen molar-refractivity contribution in [1.82, 2.24) is 15.1 Å². The second-order valence-corrected chi connectivity index (χ2v) is 5.44. The number of nitrogens with one attached hydrogen (secondary N) is 1. The third-order valence-electron chi connectivity index (χ3n) is 3.65. The van der Waals surface area contributed by atoms with Gasteiger partial charge in [-0.3, -0.25) is 0 Å². The molecule has 0 spiro atoms. The van der Waals surface area contributed by atoms with Crippen LogP contribution in [0.25, 0.3) is 0 Å². The van der Waals surface area contributed by atoms with Crippen LogP contribution in [0, 0.1) is 5.92 Å². The standard InChI is InChI=1S/C13H27N3O/c1-11(2)5-8-15(4)12-6-9-16(10-7-12)13(17)14-3/h11-12H,5-10H2,1-4H3,(H,14,17). The molecule has 0 unspecified atom stereocenters. The van der Waals surface area contributed by atoms with Crippen molar-refractivity contribution >= 4 is 6.03 Å². The fourth-order valence-corrected chi connectivity index (χ4v) is 2.31. The predicted octanol–water partition coefficient (Wildman–Crippen LogP) is 1.77. The molecule has 1 rings (SSSR count). The molecule has 0 bridgehead atoms. The van der Waals surface area contributed by atoms with Crippen LogP contribution in [0.3, 0.4) is 0 Å². The Kier molecular flexibility index (Phi) is 5.75. The van der Waals surface area contributed by atoms with E-state index >= 15 is 0 Å². The SMILES string of the molecule is CNC(=O)N1CCC(N(C)CCC(C)C)CC1. The minimum atomic E-state index is 0.0632. The van der Waals surface area contributed by atoms with E-state index < -0.39 is 0 Å². The van der Waals surface area contributed by atoms with Crippen LogP contribution in [-0.2, 0) is 0 Å². The van der Waals surface area contributed by atoms with Crippen LogP contribution in [0.2, 0.25) is 0 Å². The first-order valence-electron chi connectivity index (χ1n) is 6.71. The minimum Gasteiger partial charge on any atom is -0.341 e. The summed E-state index contributed by atoms with van der Waals surface area (Å²) in [4.78, 5) is 15.8. The van der Waals surface area contributed by atoms with Crippen molar-refractivity contribution in [3.05, 3.63) is 0 Å². The Bertz CT molecular complexity index is 235. The summed E-state index contributed by atoms with van der Waals surface area (Å²) in [5, 5.41) is 2.69. The van der Waals surface area contributed by atoms with Gasteiger partial charge in [0, 0.05) is 26.2 Å². The molecule has 0 atom stereocenters. The molecule has 4 heteroatoms. The summed E-state index contributed by atoms with van der Waals surface area (Å²) < 4.78 is 0. The highest BCUT2D eigenvalue weighted by Crippen LogP contribution is 2.16. The van der Waals surface area contributed by atoms with E-state index in [-0.39, 0.29) is 6.03 Å². The maximum Gasteiger partial charge on any atom is 0.317 e. The molecule has 1 fully saturated rings. The number of nitrogens with zero attached hydrogens (tertiary/aromatic N) is 2. The highest BCUT2D eigenvalue weighted by molar-refractivity contribution is 5.73. The molecule has 4 nitrogen and oxygen atoms in total. The van der Waals surface area contributed by atoms with Gasteiger partial charge in [-0.15, -0.1) is 0 Å². The largest absolute Gasteiger partial charge is 0.341 e. The zero-order chi connectivity index (χ0) is 12.8. The summed E-state index contributed by atoms with van der Waals surface area (Å²) in [5.41, 5.74) is 0. The van der Waals surface area contributed by atoms with Crippen LogP contribution in [0.4, 0.5) is 4.79 Å². The van der Waals surface area contributed by atoms with Crippen LogP contribution < -0.4 is 5.32 Å². The predicted molar refractivity (Wildman–Crippen MR) is 71.1 cm³/mol. The Morgan fingerprint density at radius 1 is 1.41 bits per heavy atom. The average molecular weight is 241 g/mol. The van der Waals surface area contributed by atoms with Crippen LogP contribution in [0.5, 0.6) is 0 Å². The first kappa shape index (κ1) is 14.3. The molecule has 1 heterocycles. The van der Waals surface area contributed by atoms with Crippen molar-refractivity contribution in [2.45, 2.75) is 39.2 Å². The monoisotopic (exact) mass is 241 g/mol. The quantitative estimate of drug-likeness (QED) is 0.814. The maximum absolute atomic E-state index is 11.5. The molecule has 0 aromatic heterocycles. The molecule has 17 heavy (non-hydrogen) atoms. The van der Waals surface area contributed by atoms with E-state index in [9.17, 15) is 4.79 Å². The zero-order valence-corrected chi connectivity index (χ0v) is 11.7. The van der Waals surface area contributed by atoms with Crippen molar-refractivity contribution in [2.75, 3.05) is 33.7 Å². The van der Waals surface area contributed by atoms with Crippen LogP contribution in [0.15, 0.2) is 0 Å². The minimum absolute atomic E-state index is 0.0632. The summed E-state index contributed by atoms with van der Waals surface area (Å²) in [6, 6.07) is 0.711. The van der Waals surface area contributed by atoms with Crippen LogP contribution in [0.1, 0.15) is 33.1 Å². The van der Waals surface area contributed by atoms with Crippen molar-refractivity contribution < 1.29 is 4.79 Å². The van der Waals surface area contributed by atoms with E-state index in [1.54, 1.807) is 7.05 Å². The van der Waals surface area contributed by atoms with Crippen molar-refractivity contribution in [2.24, 2.45) is 5.92 Å². The van der Waals surface area contributed by atoms with Gasteiger partial charge in [-0.1, -0.05) is 13.8 Å². The lowest BCUT2D eigenvalue weighted by atomic mass is 10.0. The van der Waals surface area contributed by atoms with E-state index in [0.29, 0.717) is 6.04 Å². The number of piperidine rings is 1. The van der Waals surface area contributed by atoms with E-state index in [0.717, 1.165) is 31.8 Å².